The Morgan fingerprint density at radius 2 is 2.14 bits per heavy atom. The van der Waals surface area contributed by atoms with Gasteiger partial charge in [-0.3, -0.25) is 0 Å². The molecule has 0 aliphatic carbocycles. The summed E-state index contributed by atoms with van der Waals surface area (Å²) < 4.78 is 21.1. The summed E-state index contributed by atoms with van der Waals surface area (Å²) in [6.07, 6.45) is 2.74. The third kappa shape index (κ3) is 2.65. The van der Waals surface area contributed by atoms with E-state index in [2.05, 4.69) is 14.7 Å². The average molecular weight is 302 g/mol. The maximum atomic E-state index is 11.5. The first-order chi connectivity index (χ1) is 10.7. The number of carbonyl (C=O) groups excluding carboxylic acids is 1. The highest BCUT2D eigenvalue weighted by molar-refractivity contribution is 5.89. The Balaban J connectivity index is 1.80. The van der Waals surface area contributed by atoms with Crippen LogP contribution in [0.4, 0.5) is 0 Å². The largest absolute Gasteiger partial charge is 0.484 e. The van der Waals surface area contributed by atoms with Crippen molar-refractivity contribution in [3.8, 4) is 17.5 Å². The number of methoxy groups -OCH3 is 2. The fraction of sp³-hybridized carbons (Fsp3) is 0.267. The number of carbonyl (C=O) groups is 1. The molecule has 22 heavy (non-hydrogen) atoms. The van der Waals surface area contributed by atoms with Gasteiger partial charge in [0.15, 0.2) is 11.9 Å². The second-order valence-electron chi connectivity index (χ2n) is 4.57. The number of esters is 1. The lowest BCUT2D eigenvalue weighted by atomic mass is 10.1. The molecule has 0 fully saturated rings. The summed E-state index contributed by atoms with van der Waals surface area (Å²) in [5.41, 5.74) is 1.17. The molecule has 0 saturated heterocycles. The summed E-state index contributed by atoms with van der Waals surface area (Å²) in [4.78, 5) is 19.7. The van der Waals surface area contributed by atoms with Gasteiger partial charge in [0.1, 0.15) is 6.61 Å². The normalized spacial score (nSPS) is 16.0. The SMILES string of the molecule is COC(=O)c1cnc2c(c1)OC[C@H](c1ccc(OC)nc1)O2. The summed E-state index contributed by atoms with van der Waals surface area (Å²) >= 11 is 0. The molecular weight excluding hydrogens is 288 g/mol. The predicted octanol–water partition coefficient (Wildman–Crippen LogP) is 1.78. The van der Waals surface area contributed by atoms with E-state index in [1.54, 1.807) is 25.4 Å². The number of aromatic nitrogens is 2. The Labute approximate surface area is 126 Å². The molecule has 7 heteroatoms. The van der Waals surface area contributed by atoms with E-state index < -0.39 is 5.97 Å². The third-order valence-corrected chi connectivity index (χ3v) is 3.22. The van der Waals surface area contributed by atoms with E-state index in [1.165, 1.54) is 13.3 Å². The first-order valence-electron chi connectivity index (χ1n) is 6.59. The number of hydrogen-bond acceptors (Lipinski definition) is 7. The highest BCUT2D eigenvalue weighted by atomic mass is 16.6. The highest BCUT2D eigenvalue weighted by Gasteiger charge is 2.25. The molecule has 2 aromatic heterocycles. The standard InChI is InChI=1S/C15H14N2O5/c1-19-13-4-3-9(6-16-13)12-8-21-11-5-10(15(18)20-2)7-17-14(11)22-12/h3-7,12H,8H2,1-2H3/t12-/m1/s1. The van der Waals surface area contributed by atoms with E-state index >= 15 is 0 Å². The van der Waals surface area contributed by atoms with Crippen molar-refractivity contribution in [3.63, 3.8) is 0 Å². The summed E-state index contributed by atoms with van der Waals surface area (Å²) in [7, 11) is 2.87. The van der Waals surface area contributed by atoms with Crippen LogP contribution >= 0.6 is 0 Å². The van der Waals surface area contributed by atoms with Crippen LogP contribution in [0, 0.1) is 0 Å². The van der Waals surface area contributed by atoms with Gasteiger partial charge >= 0.3 is 5.97 Å². The minimum Gasteiger partial charge on any atom is -0.484 e. The van der Waals surface area contributed by atoms with Crippen molar-refractivity contribution in [2.45, 2.75) is 6.10 Å². The average Bonchev–Trinajstić information content (AvgIpc) is 2.60. The summed E-state index contributed by atoms with van der Waals surface area (Å²) in [5, 5.41) is 0. The molecule has 7 nitrogen and oxygen atoms in total. The topological polar surface area (TPSA) is 79.8 Å². The molecule has 0 spiro atoms. The predicted molar refractivity (Wildman–Crippen MR) is 75.2 cm³/mol. The second kappa shape index (κ2) is 5.88. The molecule has 0 N–H and O–H groups in total. The van der Waals surface area contributed by atoms with Gasteiger partial charge in [0.05, 0.1) is 19.8 Å². The van der Waals surface area contributed by atoms with Gasteiger partial charge in [-0.05, 0) is 6.07 Å². The lowest BCUT2D eigenvalue weighted by Crippen LogP contribution is -2.22. The number of ether oxygens (including phenoxy) is 4. The van der Waals surface area contributed by atoms with Crippen LogP contribution in [0.5, 0.6) is 17.5 Å². The first kappa shape index (κ1) is 14.1. The molecule has 1 aliphatic heterocycles. The molecule has 0 aromatic carbocycles. The molecule has 2 aromatic rings. The van der Waals surface area contributed by atoms with Gasteiger partial charge in [0, 0.05) is 30.1 Å². The van der Waals surface area contributed by atoms with Crippen LogP contribution in [0.2, 0.25) is 0 Å². The Kier molecular flexibility index (Phi) is 3.78. The van der Waals surface area contributed by atoms with Gasteiger partial charge in [-0.15, -0.1) is 0 Å². The molecule has 0 bridgehead atoms. The number of nitrogens with zero attached hydrogens (tertiary/aromatic N) is 2. The summed E-state index contributed by atoms with van der Waals surface area (Å²) in [6.45, 7) is 0.299. The van der Waals surface area contributed by atoms with Crippen LogP contribution in [-0.4, -0.2) is 36.8 Å². The highest BCUT2D eigenvalue weighted by Crippen LogP contribution is 2.35. The second-order valence-corrected chi connectivity index (χ2v) is 4.57. The Morgan fingerprint density at radius 1 is 1.27 bits per heavy atom. The van der Waals surface area contributed by atoms with E-state index in [0.717, 1.165) is 5.56 Å². The summed E-state index contributed by atoms with van der Waals surface area (Å²) in [6, 6.07) is 5.16. The lowest BCUT2D eigenvalue weighted by molar-refractivity contribution is 0.0595. The molecule has 0 saturated carbocycles. The van der Waals surface area contributed by atoms with Gasteiger partial charge < -0.3 is 18.9 Å². The molecule has 0 radical (unpaired) electrons. The number of pyridine rings is 2. The maximum absolute atomic E-state index is 11.5. The quantitative estimate of drug-likeness (QED) is 0.799. The minimum absolute atomic E-state index is 0.299. The van der Waals surface area contributed by atoms with Crippen LogP contribution in [0.15, 0.2) is 30.6 Å². The van der Waals surface area contributed by atoms with Crippen molar-refractivity contribution in [1.82, 2.24) is 9.97 Å². The van der Waals surface area contributed by atoms with Gasteiger partial charge in [0.25, 0.3) is 5.88 Å². The molecule has 3 rings (SSSR count). The Hall–Kier alpha value is -2.83. The van der Waals surface area contributed by atoms with Crippen LogP contribution < -0.4 is 14.2 Å². The van der Waals surface area contributed by atoms with Crippen LogP contribution in [0.3, 0.4) is 0 Å². The molecule has 3 heterocycles. The zero-order chi connectivity index (χ0) is 15.5. The molecule has 0 amide bonds. The Morgan fingerprint density at radius 3 is 2.82 bits per heavy atom. The van der Waals surface area contributed by atoms with Crippen LogP contribution in [-0.2, 0) is 4.74 Å². The van der Waals surface area contributed by atoms with Gasteiger partial charge in [-0.1, -0.05) is 0 Å². The Bertz CT molecular complexity index is 687. The molecule has 0 unspecified atom stereocenters. The zero-order valence-electron chi connectivity index (χ0n) is 12.1. The van der Waals surface area contributed by atoms with E-state index in [-0.39, 0.29) is 6.10 Å². The maximum Gasteiger partial charge on any atom is 0.339 e. The van der Waals surface area contributed by atoms with Crippen molar-refractivity contribution in [1.29, 1.82) is 0 Å². The van der Waals surface area contributed by atoms with Gasteiger partial charge in [-0.2, -0.15) is 0 Å². The van der Waals surface area contributed by atoms with Crippen molar-refractivity contribution in [3.05, 3.63) is 41.7 Å². The molecule has 1 aliphatic rings. The van der Waals surface area contributed by atoms with E-state index in [4.69, 9.17) is 14.2 Å². The fourth-order valence-corrected chi connectivity index (χ4v) is 2.05. The van der Waals surface area contributed by atoms with E-state index in [0.29, 0.717) is 29.7 Å². The number of hydrogen-bond donors (Lipinski definition) is 0. The van der Waals surface area contributed by atoms with Crippen molar-refractivity contribution >= 4 is 5.97 Å². The molecule has 114 valence electrons. The minimum atomic E-state index is -0.472. The smallest absolute Gasteiger partial charge is 0.339 e. The van der Waals surface area contributed by atoms with Crippen molar-refractivity contribution in [2.24, 2.45) is 0 Å². The van der Waals surface area contributed by atoms with Crippen LogP contribution in [0.25, 0.3) is 0 Å². The number of rotatable bonds is 3. The number of fused-ring (bicyclic) bond motifs is 1. The van der Waals surface area contributed by atoms with Crippen molar-refractivity contribution in [2.75, 3.05) is 20.8 Å². The van der Waals surface area contributed by atoms with Crippen molar-refractivity contribution < 1.29 is 23.7 Å². The lowest BCUT2D eigenvalue weighted by Gasteiger charge is -2.25. The van der Waals surface area contributed by atoms with Gasteiger partial charge in [-0.25, -0.2) is 14.8 Å². The monoisotopic (exact) mass is 302 g/mol. The van der Waals surface area contributed by atoms with Gasteiger partial charge in [0.2, 0.25) is 5.88 Å². The van der Waals surface area contributed by atoms with Crippen LogP contribution in [0.1, 0.15) is 22.0 Å². The third-order valence-electron chi connectivity index (χ3n) is 3.22. The molecular formula is C15H14N2O5. The summed E-state index contributed by atoms with van der Waals surface area (Å²) in [5.74, 6) is 0.808. The molecule has 1 atom stereocenters. The fourth-order valence-electron chi connectivity index (χ4n) is 2.05. The first-order valence-corrected chi connectivity index (χ1v) is 6.59. The van der Waals surface area contributed by atoms with E-state index in [1.807, 2.05) is 6.07 Å². The van der Waals surface area contributed by atoms with E-state index in [9.17, 15) is 4.79 Å². The zero-order valence-corrected chi connectivity index (χ0v) is 12.1.